The Kier molecular flexibility index (Phi) is 5.24. The van der Waals surface area contributed by atoms with Crippen molar-refractivity contribution in [2.75, 3.05) is 23.9 Å². The number of hydrogen-bond acceptors (Lipinski definition) is 4. The van der Waals surface area contributed by atoms with Gasteiger partial charge in [-0.2, -0.15) is 0 Å². The highest BCUT2D eigenvalue weighted by molar-refractivity contribution is 7.90. The second-order valence-electron chi connectivity index (χ2n) is 6.23. The fourth-order valence-electron chi connectivity index (χ4n) is 2.70. The van der Waals surface area contributed by atoms with Gasteiger partial charge in [-0.15, -0.1) is 0 Å². The van der Waals surface area contributed by atoms with Crippen molar-refractivity contribution in [1.29, 1.82) is 0 Å². The SMILES string of the molecule is CCNCc1ccccc1NC(=O)CC1(CS(C)(=O)=O)CC1. The molecule has 0 saturated heterocycles. The van der Waals surface area contributed by atoms with Crippen molar-refractivity contribution in [3.63, 3.8) is 0 Å². The van der Waals surface area contributed by atoms with Crippen molar-refractivity contribution in [3.8, 4) is 0 Å². The molecule has 0 heterocycles. The second-order valence-corrected chi connectivity index (χ2v) is 8.37. The van der Waals surface area contributed by atoms with E-state index < -0.39 is 9.84 Å². The first-order valence-corrected chi connectivity index (χ1v) is 9.66. The highest BCUT2D eigenvalue weighted by atomic mass is 32.2. The van der Waals surface area contributed by atoms with Gasteiger partial charge in [0.1, 0.15) is 9.84 Å². The van der Waals surface area contributed by atoms with E-state index >= 15 is 0 Å². The van der Waals surface area contributed by atoms with Crippen LogP contribution in [0.3, 0.4) is 0 Å². The Morgan fingerprint density at radius 1 is 1.27 bits per heavy atom. The van der Waals surface area contributed by atoms with Crippen LogP contribution in [0.4, 0.5) is 5.69 Å². The standard InChI is InChI=1S/C16H24N2O3S/c1-3-17-11-13-6-4-5-7-14(13)18-15(19)10-16(8-9-16)12-22(2,20)21/h4-7,17H,3,8-12H2,1-2H3,(H,18,19). The molecule has 2 N–H and O–H groups in total. The lowest BCUT2D eigenvalue weighted by atomic mass is 10.0. The summed E-state index contributed by atoms with van der Waals surface area (Å²) in [7, 11) is -3.05. The zero-order chi connectivity index (χ0) is 16.2. The van der Waals surface area contributed by atoms with E-state index in [1.54, 1.807) is 0 Å². The maximum atomic E-state index is 12.3. The summed E-state index contributed by atoms with van der Waals surface area (Å²) in [6.07, 6.45) is 3.13. The molecule has 0 spiro atoms. The van der Waals surface area contributed by atoms with E-state index in [1.165, 1.54) is 6.26 Å². The molecule has 22 heavy (non-hydrogen) atoms. The van der Waals surface area contributed by atoms with Crippen LogP contribution < -0.4 is 10.6 Å². The molecule has 5 nitrogen and oxygen atoms in total. The molecule has 1 aliphatic carbocycles. The molecule has 0 aromatic heterocycles. The summed E-state index contributed by atoms with van der Waals surface area (Å²) >= 11 is 0. The van der Waals surface area contributed by atoms with E-state index in [2.05, 4.69) is 10.6 Å². The molecule has 0 unspecified atom stereocenters. The van der Waals surface area contributed by atoms with Crippen molar-refractivity contribution >= 4 is 21.4 Å². The Balaban J connectivity index is 1.98. The van der Waals surface area contributed by atoms with Gasteiger partial charge in [-0.25, -0.2) is 8.42 Å². The van der Waals surface area contributed by atoms with Crippen LogP contribution in [0.1, 0.15) is 31.7 Å². The van der Waals surface area contributed by atoms with E-state index in [9.17, 15) is 13.2 Å². The number of anilines is 1. The number of benzene rings is 1. The summed E-state index contributed by atoms with van der Waals surface area (Å²) in [5, 5.41) is 6.17. The van der Waals surface area contributed by atoms with Crippen molar-refractivity contribution in [3.05, 3.63) is 29.8 Å². The van der Waals surface area contributed by atoms with Gasteiger partial charge in [-0.1, -0.05) is 25.1 Å². The molecular formula is C16H24N2O3S. The van der Waals surface area contributed by atoms with E-state index in [0.717, 1.165) is 30.6 Å². The molecule has 0 atom stereocenters. The number of amides is 1. The largest absolute Gasteiger partial charge is 0.326 e. The first-order valence-electron chi connectivity index (χ1n) is 7.60. The number of sulfone groups is 1. The van der Waals surface area contributed by atoms with Crippen molar-refractivity contribution < 1.29 is 13.2 Å². The maximum Gasteiger partial charge on any atom is 0.224 e. The fourth-order valence-corrected chi connectivity index (χ4v) is 4.20. The zero-order valence-electron chi connectivity index (χ0n) is 13.2. The minimum absolute atomic E-state index is 0.104. The highest BCUT2D eigenvalue weighted by Gasteiger charge is 2.46. The Morgan fingerprint density at radius 2 is 1.95 bits per heavy atom. The van der Waals surface area contributed by atoms with E-state index in [-0.39, 0.29) is 23.5 Å². The molecule has 122 valence electrons. The lowest BCUT2D eigenvalue weighted by molar-refractivity contribution is -0.117. The fraction of sp³-hybridized carbons (Fsp3) is 0.562. The second kappa shape index (κ2) is 6.79. The number of rotatable bonds is 8. The number of para-hydroxylation sites is 1. The molecule has 0 radical (unpaired) electrons. The smallest absolute Gasteiger partial charge is 0.224 e. The number of carbonyl (C=O) groups is 1. The summed E-state index contributed by atoms with van der Waals surface area (Å²) in [6, 6.07) is 7.67. The lowest BCUT2D eigenvalue weighted by Gasteiger charge is -2.15. The Bertz CT molecular complexity index is 637. The third-order valence-corrected chi connectivity index (χ3v) is 5.05. The molecule has 1 aromatic carbocycles. The molecule has 1 aromatic rings. The van der Waals surface area contributed by atoms with Crippen LogP contribution in [0.5, 0.6) is 0 Å². The summed E-state index contributed by atoms with van der Waals surface area (Å²) in [5.74, 6) is -0.00276. The normalized spacial score (nSPS) is 16.3. The van der Waals surface area contributed by atoms with Gasteiger partial charge in [-0.05, 0) is 36.4 Å². The Hall–Kier alpha value is -1.40. The van der Waals surface area contributed by atoms with Gasteiger partial charge < -0.3 is 10.6 Å². The number of hydrogen-bond donors (Lipinski definition) is 2. The van der Waals surface area contributed by atoms with Gasteiger partial charge in [0.15, 0.2) is 0 Å². The predicted molar refractivity (Wildman–Crippen MR) is 88.4 cm³/mol. The number of nitrogens with one attached hydrogen (secondary N) is 2. The number of carbonyl (C=O) groups excluding carboxylic acids is 1. The third-order valence-electron chi connectivity index (χ3n) is 3.92. The van der Waals surface area contributed by atoms with Gasteiger partial charge in [0, 0.05) is 24.9 Å². The molecule has 1 amide bonds. The van der Waals surface area contributed by atoms with Gasteiger partial charge in [0.25, 0.3) is 0 Å². The molecule has 0 aliphatic heterocycles. The van der Waals surface area contributed by atoms with Crippen LogP contribution in [0.25, 0.3) is 0 Å². The van der Waals surface area contributed by atoms with Crippen molar-refractivity contribution in [1.82, 2.24) is 5.32 Å². The third kappa shape index (κ3) is 5.10. The quantitative estimate of drug-likeness (QED) is 0.766. The molecule has 0 bridgehead atoms. The van der Waals surface area contributed by atoms with Crippen LogP contribution in [0, 0.1) is 5.41 Å². The summed E-state index contributed by atoms with van der Waals surface area (Å²) < 4.78 is 22.9. The van der Waals surface area contributed by atoms with E-state index in [0.29, 0.717) is 6.54 Å². The van der Waals surface area contributed by atoms with Crippen molar-refractivity contribution in [2.24, 2.45) is 5.41 Å². The minimum atomic E-state index is -3.05. The van der Waals surface area contributed by atoms with E-state index in [4.69, 9.17) is 0 Å². The lowest BCUT2D eigenvalue weighted by Crippen LogP contribution is -2.24. The molecule has 1 fully saturated rings. The van der Waals surface area contributed by atoms with Crippen LogP contribution in [-0.4, -0.2) is 32.9 Å². The molecule has 2 rings (SSSR count). The molecule has 1 saturated carbocycles. The van der Waals surface area contributed by atoms with Gasteiger partial charge in [-0.3, -0.25) is 4.79 Å². The Labute approximate surface area is 132 Å². The molecular weight excluding hydrogens is 300 g/mol. The predicted octanol–water partition coefficient (Wildman–Crippen LogP) is 1.95. The van der Waals surface area contributed by atoms with Gasteiger partial charge >= 0.3 is 0 Å². The zero-order valence-corrected chi connectivity index (χ0v) is 14.0. The van der Waals surface area contributed by atoms with Gasteiger partial charge in [0.2, 0.25) is 5.91 Å². The summed E-state index contributed by atoms with van der Waals surface area (Å²) in [5.41, 5.74) is 1.49. The maximum absolute atomic E-state index is 12.3. The Morgan fingerprint density at radius 3 is 2.55 bits per heavy atom. The average molecular weight is 324 g/mol. The van der Waals surface area contributed by atoms with E-state index in [1.807, 2.05) is 31.2 Å². The molecule has 1 aliphatic rings. The van der Waals surface area contributed by atoms with Crippen LogP contribution >= 0.6 is 0 Å². The summed E-state index contributed by atoms with van der Waals surface area (Å²) in [4.78, 5) is 12.3. The van der Waals surface area contributed by atoms with Crippen LogP contribution in [-0.2, 0) is 21.2 Å². The molecule has 6 heteroatoms. The topological polar surface area (TPSA) is 75.3 Å². The van der Waals surface area contributed by atoms with Crippen molar-refractivity contribution in [2.45, 2.75) is 32.7 Å². The minimum Gasteiger partial charge on any atom is -0.326 e. The van der Waals surface area contributed by atoms with Crippen LogP contribution in [0.15, 0.2) is 24.3 Å². The highest BCUT2D eigenvalue weighted by Crippen LogP contribution is 2.49. The average Bonchev–Trinajstić information content (AvgIpc) is 3.14. The monoisotopic (exact) mass is 324 g/mol. The first-order chi connectivity index (χ1) is 10.3. The van der Waals surface area contributed by atoms with Gasteiger partial charge in [0.05, 0.1) is 5.75 Å². The summed E-state index contributed by atoms with van der Waals surface area (Å²) in [6.45, 7) is 3.59. The first kappa shape index (κ1) is 17.0. The van der Waals surface area contributed by atoms with Crippen LogP contribution in [0.2, 0.25) is 0 Å².